The van der Waals surface area contributed by atoms with Gasteiger partial charge in [0.2, 0.25) is 11.8 Å². The molecule has 7 nitrogen and oxygen atoms in total. The highest BCUT2D eigenvalue weighted by Crippen LogP contribution is 2.21. The van der Waals surface area contributed by atoms with E-state index in [0.29, 0.717) is 12.1 Å². The van der Waals surface area contributed by atoms with E-state index in [2.05, 4.69) is 20.8 Å². The summed E-state index contributed by atoms with van der Waals surface area (Å²) in [7, 11) is 0. The molecule has 0 radical (unpaired) electrons. The average Bonchev–Trinajstić information content (AvgIpc) is 3.32. The second kappa shape index (κ2) is 9.49. The first-order chi connectivity index (χ1) is 15.2. The Morgan fingerprint density at radius 1 is 0.806 bits per heavy atom. The third kappa shape index (κ3) is 5.02. The third-order valence-electron chi connectivity index (χ3n) is 4.59. The molecular weight excluding hydrogens is 392 g/mol. The Labute approximate surface area is 179 Å². The van der Waals surface area contributed by atoms with Gasteiger partial charge in [0.05, 0.1) is 0 Å². The molecule has 1 heterocycles. The maximum absolute atomic E-state index is 13.0. The molecule has 0 saturated heterocycles. The van der Waals surface area contributed by atoms with Crippen LogP contribution in [0.4, 0.5) is 0 Å². The smallest absolute Gasteiger partial charge is 0.252 e. The van der Waals surface area contributed by atoms with Crippen LogP contribution >= 0.6 is 0 Å². The van der Waals surface area contributed by atoms with Crippen LogP contribution in [0.3, 0.4) is 0 Å². The third-order valence-corrected chi connectivity index (χ3v) is 4.59. The van der Waals surface area contributed by atoms with Crippen molar-refractivity contribution in [3.8, 4) is 11.5 Å². The van der Waals surface area contributed by atoms with Gasteiger partial charge < -0.3 is 15.1 Å². The summed E-state index contributed by atoms with van der Waals surface area (Å²) in [5, 5.41) is 13.6. The molecule has 7 heteroatoms. The lowest BCUT2D eigenvalue weighted by atomic mass is 10.1. The molecule has 3 aromatic carbocycles. The van der Waals surface area contributed by atoms with E-state index in [0.717, 1.165) is 11.1 Å². The van der Waals surface area contributed by atoms with Gasteiger partial charge in [-0.1, -0.05) is 66.7 Å². The fourth-order valence-corrected chi connectivity index (χ4v) is 2.98. The molecule has 2 amide bonds. The van der Waals surface area contributed by atoms with Crippen molar-refractivity contribution in [2.45, 2.75) is 12.6 Å². The van der Waals surface area contributed by atoms with Crippen molar-refractivity contribution < 1.29 is 14.0 Å². The number of carbonyl (C=O) groups is 2. The number of aromatic nitrogens is 2. The number of benzene rings is 3. The van der Waals surface area contributed by atoms with Crippen LogP contribution in [0.2, 0.25) is 0 Å². The monoisotopic (exact) mass is 412 g/mol. The van der Waals surface area contributed by atoms with Gasteiger partial charge in [-0.3, -0.25) is 9.59 Å². The zero-order chi connectivity index (χ0) is 21.5. The fraction of sp³-hybridized carbons (Fsp3) is 0.0833. The number of hydrogen-bond donors (Lipinski definition) is 2. The number of amides is 2. The van der Waals surface area contributed by atoms with Crippen LogP contribution in [0.5, 0.6) is 0 Å². The second-order valence-corrected chi connectivity index (χ2v) is 6.79. The van der Waals surface area contributed by atoms with E-state index in [1.807, 2.05) is 66.7 Å². The summed E-state index contributed by atoms with van der Waals surface area (Å²) in [5.41, 5.74) is 2.07. The van der Waals surface area contributed by atoms with E-state index in [-0.39, 0.29) is 11.8 Å². The molecular formula is C24H20N4O3. The molecule has 154 valence electrons. The van der Waals surface area contributed by atoms with Gasteiger partial charge in [-0.25, -0.2) is 0 Å². The molecule has 2 N–H and O–H groups in total. The molecule has 0 fully saturated rings. The van der Waals surface area contributed by atoms with Gasteiger partial charge in [0.25, 0.3) is 11.8 Å². The van der Waals surface area contributed by atoms with Crippen LogP contribution in [0.1, 0.15) is 27.9 Å². The number of hydrogen-bond acceptors (Lipinski definition) is 5. The number of nitrogens with zero attached hydrogens (tertiary/aromatic N) is 2. The summed E-state index contributed by atoms with van der Waals surface area (Å²) >= 11 is 0. The molecule has 0 unspecified atom stereocenters. The van der Waals surface area contributed by atoms with Gasteiger partial charge in [0, 0.05) is 17.7 Å². The number of nitrogens with one attached hydrogen (secondary N) is 2. The number of rotatable bonds is 7. The maximum atomic E-state index is 13.0. The van der Waals surface area contributed by atoms with Crippen LogP contribution in [0.25, 0.3) is 11.5 Å². The standard InChI is InChI=1S/C24H20N4O3/c29-21(18-12-6-2-7-13-18)26-20(22(30)25-16-17-10-4-1-5-11-17)24-28-27-23(31-24)19-14-8-3-9-15-19/h1-15,20H,16H2,(H,25,30)(H,26,29)/t20-/m1/s1. The summed E-state index contributed by atoms with van der Waals surface area (Å²) < 4.78 is 5.74. The lowest BCUT2D eigenvalue weighted by Gasteiger charge is -2.15. The summed E-state index contributed by atoms with van der Waals surface area (Å²) in [6.45, 7) is 0.303. The van der Waals surface area contributed by atoms with E-state index in [1.54, 1.807) is 24.3 Å². The summed E-state index contributed by atoms with van der Waals surface area (Å²) in [6, 6.07) is 26.2. The Morgan fingerprint density at radius 2 is 1.42 bits per heavy atom. The van der Waals surface area contributed by atoms with E-state index in [4.69, 9.17) is 4.42 Å². The molecule has 1 aromatic heterocycles. The van der Waals surface area contributed by atoms with Gasteiger partial charge in [-0.05, 0) is 29.8 Å². The van der Waals surface area contributed by atoms with Gasteiger partial charge in [-0.15, -0.1) is 10.2 Å². The molecule has 31 heavy (non-hydrogen) atoms. The summed E-state index contributed by atoms with van der Waals surface area (Å²) in [6.07, 6.45) is 0. The van der Waals surface area contributed by atoms with E-state index in [1.165, 1.54) is 0 Å². The minimum absolute atomic E-state index is 0.00805. The SMILES string of the molecule is O=C(N[C@H](C(=O)NCc1ccccc1)c1nnc(-c2ccccc2)o1)c1ccccc1. The predicted molar refractivity (Wildman–Crippen MR) is 115 cm³/mol. The first kappa shape index (κ1) is 20.0. The largest absolute Gasteiger partial charge is 0.418 e. The quantitative estimate of drug-likeness (QED) is 0.484. The minimum Gasteiger partial charge on any atom is -0.418 e. The zero-order valence-electron chi connectivity index (χ0n) is 16.6. The fourth-order valence-electron chi connectivity index (χ4n) is 2.98. The Bertz CT molecular complexity index is 1150. The highest BCUT2D eigenvalue weighted by Gasteiger charge is 2.29. The Kier molecular flexibility index (Phi) is 6.13. The van der Waals surface area contributed by atoms with Crippen LogP contribution in [0.15, 0.2) is 95.4 Å². The number of carbonyl (C=O) groups excluding carboxylic acids is 2. The zero-order valence-corrected chi connectivity index (χ0v) is 16.6. The first-order valence-corrected chi connectivity index (χ1v) is 9.77. The predicted octanol–water partition coefficient (Wildman–Crippen LogP) is 3.52. The first-order valence-electron chi connectivity index (χ1n) is 9.77. The van der Waals surface area contributed by atoms with Crippen LogP contribution in [-0.4, -0.2) is 22.0 Å². The lowest BCUT2D eigenvalue weighted by molar-refractivity contribution is -0.123. The Morgan fingerprint density at radius 3 is 2.10 bits per heavy atom. The molecule has 0 spiro atoms. The average molecular weight is 412 g/mol. The summed E-state index contributed by atoms with van der Waals surface area (Å²) in [4.78, 5) is 25.7. The van der Waals surface area contributed by atoms with Crippen molar-refractivity contribution in [1.82, 2.24) is 20.8 Å². The molecule has 4 rings (SSSR count). The van der Waals surface area contributed by atoms with E-state index in [9.17, 15) is 9.59 Å². The molecule has 0 aliphatic carbocycles. The lowest BCUT2D eigenvalue weighted by Crippen LogP contribution is -2.40. The second-order valence-electron chi connectivity index (χ2n) is 6.79. The van der Waals surface area contributed by atoms with E-state index < -0.39 is 17.9 Å². The highest BCUT2D eigenvalue weighted by atomic mass is 16.4. The van der Waals surface area contributed by atoms with Gasteiger partial charge in [0.15, 0.2) is 6.04 Å². The molecule has 0 aliphatic rings. The maximum Gasteiger partial charge on any atom is 0.252 e. The summed E-state index contributed by atoms with van der Waals surface area (Å²) in [5.74, 6) is -0.588. The van der Waals surface area contributed by atoms with Crippen molar-refractivity contribution in [1.29, 1.82) is 0 Å². The molecule has 0 aliphatic heterocycles. The normalized spacial score (nSPS) is 11.5. The highest BCUT2D eigenvalue weighted by molar-refractivity contribution is 5.97. The van der Waals surface area contributed by atoms with Crippen molar-refractivity contribution in [2.24, 2.45) is 0 Å². The molecule has 0 saturated carbocycles. The molecule has 0 bridgehead atoms. The molecule has 4 aromatic rings. The van der Waals surface area contributed by atoms with Crippen molar-refractivity contribution >= 4 is 11.8 Å². The van der Waals surface area contributed by atoms with Crippen molar-refractivity contribution in [3.05, 3.63) is 108 Å². The van der Waals surface area contributed by atoms with Gasteiger partial charge in [0.1, 0.15) is 0 Å². The minimum atomic E-state index is -1.14. The van der Waals surface area contributed by atoms with Crippen molar-refractivity contribution in [2.75, 3.05) is 0 Å². The Hall–Kier alpha value is -4.26. The van der Waals surface area contributed by atoms with Crippen LogP contribution < -0.4 is 10.6 Å². The van der Waals surface area contributed by atoms with E-state index >= 15 is 0 Å². The molecule has 1 atom stereocenters. The van der Waals surface area contributed by atoms with Crippen LogP contribution in [-0.2, 0) is 11.3 Å². The topological polar surface area (TPSA) is 97.1 Å². The van der Waals surface area contributed by atoms with Crippen LogP contribution in [0, 0.1) is 0 Å². The Balaban J connectivity index is 1.57. The van der Waals surface area contributed by atoms with Crippen molar-refractivity contribution in [3.63, 3.8) is 0 Å². The van der Waals surface area contributed by atoms with Gasteiger partial charge in [-0.2, -0.15) is 0 Å². The van der Waals surface area contributed by atoms with Gasteiger partial charge >= 0.3 is 0 Å².